The molecule has 1 fully saturated rings. The standard InChI is InChI=1S/C21H26N4O3S2/c1-14-5-4-8-25(11-14)20(28)10-18-12-29-21(24-18)30-13-19(27)23-17-7-3-6-16(9-17)22-15(2)26/h3,6-7,9,12,14H,4-5,8,10-11,13H2,1-2H3,(H,22,26)(H,23,27)/t14-/m0/s1. The van der Waals surface area contributed by atoms with Crippen molar-refractivity contribution < 1.29 is 14.4 Å². The fourth-order valence-electron chi connectivity index (χ4n) is 3.32. The lowest BCUT2D eigenvalue weighted by atomic mass is 10.00. The zero-order valence-corrected chi connectivity index (χ0v) is 18.8. The lowest BCUT2D eigenvalue weighted by Gasteiger charge is -2.30. The maximum atomic E-state index is 12.5. The number of carbonyl (C=O) groups is 3. The molecule has 0 unspecified atom stereocenters. The SMILES string of the molecule is CC(=O)Nc1cccc(NC(=O)CSc2nc(CC(=O)N3CCC[C@H](C)C3)cs2)c1. The van der Waals surface area contributed by atoms with Crippen LogP contribution in [-0.2, 0) is 20.8 Å². The van der Waals surface area contributed by atoms with Gasteiger partial charge in [-0.3, -0.25) is 14.4 Å². The van der Waals surface area contributed by atoms with E-state index in [1.807, 2.05) is 10.3 Å². The van der Waals surface area contributed by atoms with E-state index in [1.54, 1.807) is 24.3 Å². The number of benzene rings is 1. The molecule has 2 heterocycles. The highest BCUT2D eigenvalue weighted by Crippen LogP contribution is 2.24. The molecule has 1 saturated heterocycles. The second-order valence-corrected chi connectivity index (χ2v) is 9.55. The summed E-state index contributed by atoms with van der Waals surface area (Å²) in [6.45, 7) is 5.27. The largest absolute Gasteiger partial charge is 0.342 e. The smallest absolute Gasteiger partial charge is 0.234 e. The minimum Gasteiger partial charge on any atom is -0.342 e. The highest BCUT2D eigenvalue weighted by molar-refractivity contribution is 8.01. The van der Waals surface area contributed by atoms with E-state index in [2.05, 4.69) is 22.5 Å². The van der Waals surface area contributed by atoms with Gasteiger partial charge in [0.2, 0.25) is 17.7 Å². The summed E-state index contributed by atoms with van der Waals surface area (Å²) < 4.78 is 0.770. The van der Waals surface area contributed by atoms with Crippen molar-refractivity contribution in [3.8, 4) is 0 Å². The van der Waals surface area contributed by atoms with Crippen molar-refractivity contribution >= 4 is 52.2 Å². The topological polar surface area (TPSA) is 91.4 Å². The van der Waals surface area contributed by atoms with E-state index in [1.165, 1.54) is 36.4 Å². The number of rotatable bonds is 7. The fraction of sp³-hybridized carbons (Fsp3) is 0.429. The highest BCUT2D eigenvalue weighted by Gasteiger charge is 2.21. The molecule has 3 amide bonds. The summed E-state index contributed by atoms with van der Waals surface area (Å²) in [4.78, 5) is 42.3. The molecule has 0 saturated carbocycles. The van der Waals surface area contributed by atoms with Crippen molar-refractivity contribution in [2.24, 2.45) is 5.92 Å². The minimum atomic E-state index is -0.165. The average Bonchev–Trinajstić information content (AvgIpc) is 3.13. The van der Waals surface area contributed by atoms with Gasteiger partial charge in [-0.25, -0.2) is 4.98 Å². The van der Waals surface area contributed by atoms with Crippen LogP contribution >= 0.6 is 23.1 Å². The Morgan fingerprint density at radius 3 is 2.77 bits per heavy atom. The maximum absolute atomic E-state index is 12.5. The van der Waals surface area contributed by atoms with Gasteiger partial charge >= 0.3 is 0 Å². The van der Waals surface area contributed by atoms with Crippen LogP contribution in [0.4, 0.5) is 11.4 Å². The molecule has 3 rings (SSSR count). The average molecular weight is 447 g/mol. The van der Waals surface area contributed by atoms with Crippen LogP contribution in [0.2, 0.25) is 0 Å². The van der Waals surface area contributed by atoms with E-state index >= 15 is 0 Å². The van der Waals surface area contributed by atoms with Crippen LogP contribution in [0.25, 0.3) is 0 Å². The Balaban J connectivity index is 1.46. The summed E-state index contributed by atoms with van der Waals surface area (Å²) >= 11 is 2.80. The Morgan fingerprint density at radius 1 is 1.27 bits per heavy atom. The van der Waals surface area contributed by atoms with Gasteiger partial charge in [-0.05, 0) is 37.0 Å². The van der Waals surface area contributed by atoms with E-state index in [4.69, 9.17) is 0 Å². The van der Waals surface area contributed by atoms with Crippen molar-refractivity contribution in [3.05, 3.63) is 35.3 Å². The van der Waals surface area contributed by atoms with E-state index in [-0.39, 0.29) is 23.5 Å². The Hall–Kier alpha value is -2.39. The first-order chi connectivity index (χ1) is 14.4. The summed E-state index contributed by atoms with van der Waals surface area (Å²) in [6, 6.07) is 7.00. The molecule has 0 bridgehead atoms. The number of thiazole rings is 1. The molecule has 1 aromatic heterocycles. The van der Waals surface area contributed by atoms with E-state index in [0.29, 0.717) is 23.7 Å². The number of nitrogens with zero attached hydrogens (tertiary/aromatic N) is 2. The number of anilines is 2. The van der Waals surface area contributed by atoms with Crippen LogP contribution in [0.5, 0.6) is 0 Å². The van der Waals surface area contributed by atoms with Crippen molar-refractivity contribution in [1.29, 1.82) is 0 Å². The third-order valence-electron chi connectivity index (χ3n) is 4.67. The van der Waals surface area contributed by atoms with Crippen molar-refractivity contribution in [3.63, 3.8) is 0 Å². The molecule has 1 aliphatic rings. The molecule has 0 aliphatic carbocycles. The van der Waals surface area contributed by atoms with Crippen LogP contribution in [0.3, 0.4) is 0 Å². The van der Waals surface area contributed by atoms with E-state index < -0.39 is 0 Å². The number of hydrogen-bond acceptors (Lipinski definition) is 6. The fourth-order valence-corrected chi connectivity index (χ4v) is 4.97. The van der Waals surface area contributed by atoms with Crippen molar-refractivity contribution in [1.82, 2.24) is 9.88 Å². The molecule has 2 aromatic rings. The first kappa shape index (κ1) is 22.3. The van der Waals surface area contributed by atoms with Gasteiger partial charge in [0, 0.05) is 36.8 Å². The molecular formula is C21H26N4O3S2. The molecule has 2 N–H and O–H groups in total. The zero-order chi connectivity index (χ0) is 21.5. The normalized spacial score (nSPS) is 16.2. The van der Waals surface area contributed by atoms with E-state index in [0.717, 1.165) is 29.5 Å². The molecular weight excluding hydrogens is 420 g/mol. The van der Waals surface area contributed by atoms with Crippen LogP contribution in [-0.4, -0.2) is 46.4 Å². The Morgan fingerprint density at radius 2 is 2.03 bits per heavy atom. The predicted molar refractivity (Wildman–Crippen MR) is 121 cm³/mol. The second kappa shape index (κ2) is 10.6. The van der Waals surface area contributed by atoms with Gasteiger partial charge in [-0.2, -0.15) is 0 Å². The highest BCUT2D eigenvalue weighted by atomic mass is 32.2. The Labute approximate surface area is 184 Å². The van der Waals surface area contributed by atoms with Gasteiger partial charge in [0.05, 0.1) is 17.9 Å². The summed E-state index contributed by atoms with van der Waals surface area (Å²) in [5.74, 6) is 0.577. The maximum Gasteiger partial charge on any atom is 0.234 e. The summed E-state index contributed by atoms with van der Waals surface area (Å²) in [5, 5.41) is 7.39. The molecule has 30 heavy (non-hydrogen) atoms. The van der Waals surface area contributed by atoms with Gasteiger partial charge < -0.3 is 15.5 Å². The molecule has 1 atom stereocenters. The van der Waals surface area contributed by atoms with Gasteiger partial charge in [0.25, 0.3) is 0 Å². The molecule has 0 spiro atoms. The summed E-state index contributed by atoms with van der Waals surface area (Å²) in [6.07, 6.45) is 2.56. The number of thioether (sulfide) groups is 1. The van der Waals surface area contributed by atoms with E-state index in [9.17, 15) is 14.4 Å². The molecule has 160 valence electrons. The molecule has 1 aliphatic heterocycles. The number of likely N-dealkylation sites (tertiary alicyclic amines) is 1. The number of aromatic nitrogens is 1. The van der Waals surface area contributed by atoms with Crippen LogP contribution in [0.1, 0.15) is 32.4 Å². The van der Waals surface area contributed by atoms with Crippen LogP contribution in [0.15, 0.2) is 34.0 Å². The summed E-state index contributed by atoms with van der Waals surface area (Å²) in [5.41, 5.74) is 2.01. The first-order valence-corrected chi connectivity index (χ1v) is 11.8. The third kappa shape index (κ3) is 6.84. The number of amides is 3. The zero-order valence-electron chi connectivity index (χ0n) is 17.1. The molecule has 0 radical (unpaired) electrons. The molecule has 7 nitrogen and oxygen atoms in total. The van der Waals surface area contributed by atoms with Crippen molar-refractivity contribution in [2.75, 3.05) is 29.5 Å². The number of nitrogens with one attached hydrogen (secondary N) is 2. The lowest BCUT2D eigenvalue weighted by molar-refractivity contribution is -0.132. The number of hydrogen-bond donors (Lipinski definition) is 2. The summed E-state index contributed by atoms with van der Waals surface area (Å²) in [7, 11) is 0. The predicted octanol–water partition coefficient (Wildman–Crippen LogP) is 3.63. The monoisotopic (exact) mass is 446 g/mol. The minimum absolute atomic E-state index is 0.125. The lowest BCUT2D eigenvalue weighted by Crippen LogP contribution is -2.39. The molecule has 9 heteroatoms. The molecule has 1 aromatic carbocycles. The van der Waals surface area contributed by atoms with Crippen LogP contribution < -0.4 is 10.6 Å². The van der Waals surface area contributed by atoms with Gasteiger partial charge in [-0.15, -0.1) is 11.3 Å². The van der Waals surface area contributed by atoms with Gasteiger partial charge in [-0.1, -0.05) is 24.8 Å². The third-order valence-corrected chi connectivity index (χ3v) is 6.74. The second-order valence-electron chi connectivity index (χ2n) is 7.47. The van der Waals surface area contributed by atoms with Crippen LogP contribution in [0, 0.1) is 5.92 Å². The van der Waals surface area contributed by atoms with Gasteiger partial charge in [0.1, 0.15) is 0 Å². The number of carbonyl (C=O) groups excluding carboxylic acids is 3. The number of piperidine rings is 1. The Kier molecular flexibility index (Phi) is 7.87. The van der Waals surface area contributed by atoms with Crippen molar-refractivity contribution in [2.45, 2.75) is 37.4 Å². The first-order valence-electron chi connectivity index (χ1n) is 9.91. The van der Waals surface area contributed by atoms with Gasteiger partial charge in [0.15, 0.2) is 4.34 Å². The Bertz CT molecular complexity index is 915. The quantitative estimate of drug-likeness (QED) is 0.634.